The van der Waals surface area contributed by atoms with Gasteiger partial charge in [-0.05, 0) is 40.2 Å². The Morgan fingerprint density at radius 3 is 1.47 bits per heavy atom. The maximum Gasteiger partial charge on any atom is 0.0390 e. The van der Waals surface area contributed by atoms with E-state index < -0.39 is 0 Å². The van der Waals surface area contributed by atoms with Crippen LogP contribution in [0.5, 0.6) is 0 Å². The fourth-order valence-electron chi connectivity index (χ4n) is 1.75. The molecular weight excluding hydrogens is 182 g/mol. The third-order valence-electron chi connectivity index (χ3n) is 2.65. The number of benzene rings is 1. The standard InChI is InChI=1S/C14H22N/c1-13(2,3)10-8-7-9-11(12(10)15)14(4,5)6/h8-9H,15H2,1-6H3. The van der Waals surface area contributed by atoms with Crippen LogP contribution in [0.15, 0.2) is 12.1 Å². The lowest BCUT2D eigenvalue weighted by molar-refractivity contribution is 0.573. The molecule has 1 aromatic carbocycles. The highest BCUT2D eigenvalue weighted by Gasteiger charge is 2.23. The Hall–Kier alpha value is -0.980. The quantitative estimate of drug-likeness (QED) is 0.641. The minimum Gasteiger partial charge on any atom is -0.398 e. The Morgan fingerprint density at radius 1 is 0.867 bits per heavy atom. The van der Waals surface area contributed by atoms with Gasteiger partial charge < -0.3 is 5.73 Å². The minimum atomic E-state index is 0.0852. The van der Waals surface area contributed by atoms with Crippen LogP contribution in [-0.2, 0) is 10.8 Å². The van der Waals surface area contributed by atoms with Crippen molar-refractivity contribution in [3.63, 3.8) is 0 Å². The molecular formula is C14H22N. The van der Waals surface area contributed by atoms with E-state index in [1.165, 1.54) is 11.1 Å². The monoisotopic (exact) mass is 204 g/mol. The molecule has 0 bridgehead atoms. The average Bonchev–Trinajstić information content (AvgIpc) is 1.99. The maximum atomic E-state index is 6.24. The van der Waals surface area contributed by atoms with Crippen LogP contribution in [0.1, 0.15) is 52.7 Å². The molecule has 15 heavy (non-hydrogen) atoms. The summed E-state index contributed by atoms with van der Waals surface area (Å²) in [5, 5.41) is 0. The topological polar surface area (TPSA) is 26.0 Å². The normalized spacial score (nSPS) is 12.9. The van der Waals surface area contributed by atoms with Gasteiger partial charge in [-0.15, -0.1) is 0 Å². The fraction of sp³-hybridized carbons (Fsp3) is 0.571. The first-order chi connectivity index (χ1) is 6.64. The first kappa shape index (κ1) is 12.1. The molecule has 0 aromatic heterocycles. The molecule has 0 heterocycles. The van der Waals surface area contributed by atoms with Crippen LogP contribution in [0, 0.1) is 6.07 Å². The van der Waals surface area contributed by atoms with Gasteiger partial charge in [-0.1, -0.05) is 41.5 Å². The molecule has 0 aliphatic carbocycles. The molecule has 0 saturated heterocycles. The van der Waals surface area contributed by atoms with Crippen LogP contribution in [0.3, 0.4) is 0 Å². The molecule has 0 unspecified atom stereocenters. The van der Waals surface area contributed by atoms with Crippen molar-refractivity contribution in [2.45, 2.75) is 52.4 Å². The highest BCUT2D eigenvalue weighted by atomic mass is 14.6. The summed E-state index contributed by atoms with van der Waals surface area (Å²) in [4.78, 5) is 0. The molecule has 0 atom stereocenters. The van der Waals surface area contributed by atoms with Gasteiger partial charge in [-0.2, -0.15) is 0 Å². The number of rotatable bonds is 0. The van der Waals surface area contributed by atoms with Gasteiger partial charge in [0, 0.05) is 5.69 Å². The largest absolute Gasteiger partial charge is 0.398 e. The second-order valence-electron chi connectivity index (χ2n) is 6.20. The van der Waals surface area contributed by atoms with Crippen molar-refractivity contribution in [3.8, 4) is 0 Å². The molecule has 0 spiro atoms. The average molecular weight is 204 g/mol. The predicted octanol–water partition coefficient (Wildman–Crippen LogP) is 3.66. The van der Waals surface area contributed by atoms with Gasteiger partial charge in [-0.25, -0.2) is 0 Å². The molecule has 1 aromatic rings. The Kier molecular flexibility index (Phi) is 2.86. The van der Waals surface area contributed by atoms with Gasteiger partial charge in [0.25, 0.3) is 0 Å². The Morgan fingerprint density at radius 2 is 1.20 bits per heavy atom. The van der Waals surface area contributed by atoms with E-state index in [9.17, 15) is 0 Å². The second-order valence-corrected chi connectivity index (χ2v) is 6.20. The van der Waals surface area contributed by atoms with Crippen LogP contribution >= 0.6 is 0 Å². The first-order valence-electron chi connectivity index (χ1n) is 5.44. The van der Waals surface area contributed by atoms with E-state index in [1.54, 1.807) is 0 Å². The summed E-state index contributed by atoms with van der Waals surface area (Å²) in [6.45, 7) is 13.1. The van der Waals surface area contributed by atoms with Crippen molar-refractivity contribution in [2.75, 3.05) is 5.73 Å². The molecule has 2 N–H and O–H groups in total. The SMILES string of the molecule is CC(C)(C)c1c[c]cc(C(C)(C)C)c1N. The first-order valence-corrected chi connectivity index (χ1v) is 5.44. The summed E-state index contributed by atoms with van der Waals surface area (Å²) in [5.41, 5.74) is 9.71. The zero-order valence-electron chi connectivity index (χ0n) is 10.7. The predicted molar refractivity (Wildman–Crippen MR) is 67.1 cm³/mol. The zero-order valence-corrected chi connectivity index (χ0v) is 10.7. The van der Waals surface area contributed by atoms with E-state index in [2.05, 4.69) is 47.6 Å². The molecule has 0 fully saturated rings. The lowest BCUT2D eigenvalue weighted by Gasteiger charge is -2.27. The van der Waals surface area contributed by atoms with Gasteiger partial charge in [0.2, 0.25) is 0 Å². The van der Waals surface area contributed by atoms with Crippen LogP contribution in [-0.4, -0.2) is 0 Å². The van der Waals surface area contributed by atoms with E-state index in [-0.39, 0.29) is 10.8 Å². The van der Waals surface area contributed by atoms with Crippen molar-refractivity contribution in [1.29, 1.82) is 0 Å². The van der Waals surface area contributed by atoms with Gasteiger partial charge in [0.15, 0.2) is 0 Å². The highest BCUT2D eigenvalue weighted by molar-refractivity contribution is 5.58. The van der Waals surface area contributed by atoms with Crippen molar-refractivity contribution in [2.24, 2.45) is 0 Å². The number of anilines is 1. The second kappa shape index (κ2) is 3.55. The number of hydrogen-bond donors (Lipinski definition) is 1. The smallest absolute Gasteiger partial charge is 0.0390 e. The van der Waals surface area contributed by atoms with E-state index in [4.69, 9.17) is 5.73 Å². The Labute approximate surface area is 93.7 Å². The molecule has 0 amide bonds. The fourth-order valence-corrected chi connectivity index (χ4v) is 1.75. The van der Waals surface area contributed by atoms with Crippen LogP contribution in [0.2, 0.25) is 0 Å². The molecule has 1 rings (SSSR count). The lowest BCUT2D eigenvalue weighted by atomic mass is 9.79. The molecule has 83 valence electrons. The van der Waals surface area contributed by atoms with Crippen LogP contribution < -0.4 is 5.73 Å². The third kappa shape index (κ3) is 2.53. The summed E-state index contributed by atoms with van der Waals surface area (Å²) in [6.07, 6.45) is 0. The Balaban J connectivity index is 3.37. The third-order valence-corrected chi connectivity index (χ3v) is 2.65. The summed E-state index contributed by atoms with van der Waals surface area (Å²) < 4.78 is 0. The summed E-state index contributed by atoms with van der Waals surface area (Å²) in [5.74, 6) is 0. The van der Waals surface area contributed by atoms with Gasteiger partial charge in [-0.3, -0.25) is 0 Å². The molecule has 1 radical (unpaired) electrons. The number of nitrogen functional groups attached to an aromatic ring is 1. The van der Waals surface area contributed by atoms with Crippen molar-refractivity contribution in [1.82, 2.24) is 0 Å². The minimum absolute atomic E-state index is 0.0852. The molecule has 0 aliphatic heterocycles. The molecule has 1 nitrogen and oxygen atoms in total. The van der Waals surface area contributed by atoms with Crippen molar-refractivity contribution >= 4 is 5.69 Å². The Bertz CT molecular complexity index is 318. The van der Waals surface area contributed by atoms with E-state index in [0.717, 1.165) is 5.69 Å². The lowest BCUT2D eigenvalue weighted by Crippen LogP contribution is -2.20. The number of nitrogens with two attached hydrogens (primary N) is 1. The number of hydrogen-bond acceptors (Lipinski definition) is 1. The van der Waals surface area contributed by atoms with Gasteiger partial charge in [0.05, 0.1) is 0 Å². The van der Waals surface area contributed by atoms with Gasteiger partial charge >= 0.3 is 0 Å². The summed E-state index contributed by atoms with van der Waals surface area (Å²) >= 11 is 0. The van der Waals surface area contributed by atoms with Crippen molar-refractivity contribution < 1.29 is 0 Å². The van der Waals surface area contributed by atoms with E-state index in [0.29, 0.717) is 0 Å². The van der Waals surface area contributed by atoms with Crippen LogP contribution in [0.4, 0.5) is 5.69 Å². The molecule has 1 heteroatoms. The van der Waals surface area contributed by atoms with Crippen LogP contribution in [0.25, 0.3) is 0 Å². The summed E-state index contributed by atoms with van der Waals surface area (Å²) in [6, 6.07) is 7.21. The van der Waals surface area contributed by atoms with E-state index in [1.807, 2.05) is 12.1 Å². The molecule has 0 saturated carbocycles. The highest BCUT2D eigenvalue weighted by Crippen LogP contribution is 2.35. The van der Waals surface area contributed by atoms with E-state index >= 15 is 0 Å². The maximum absolute atomic E-state index is 6.24. The zero-order chi connectivity index (χ0) is 11.9. The summed E-state index contributed by atoms with van der Waals surface area (Å²) in [7, 11) is 0. The van der Waals surface area contributed by atoms with Crippen molar-refractivity contribution in [3.05, 3.63) is 29.3 Å². The van der Waals surface area contributed by atoms with Gasteiger partial charge in [0.1, 0.15) is 0 Å². The molecule has 0 aliphatic rings.